The molecule has 146 valence electrons. The molecular formula is C12H14F7NO5. The minimum absolute atomic E-state index is 0.244. The van der Waals surface area contributed by atoms with Gasteiger partial charge in [-0.2, -0.15) is 30.7 Å². The number of amides is 1. The molecule has 1 amide bonds. The molecule has 1 atom stereocenters. The molecule has 0 saturated heterocycles. The number of carboxylic acids is 1. The van der Waals surface area contributed by atoms with Crippen molar-refractivity contribution in [2.24, 2.45) is 0 Å². The summed E-state index contributed by atoms with van der Waals surface area (Å²) < 4.78 is 92.5. The molecule has 0 aromatic heterocycles. The molecule has 0 rings (SSSR count). The molecule has 0 aromatic rings. The lowest BCUT2D eigenvalue weighted by molar-refractivity contribution is -0.344. The monoisotopic (exact) mass is 385 g/mol. The van der Waals surface area contributed by atoms with Crippen LogP contribution < -0.4 is 5.32 Å². The summed E-state index contributed by atoms with van der Waals surface area (Å²) in [5, 5.41) is 9.46. The van der Waals surface area contributed by atoms with Crippen molar-refractivity contribution >= 4 is 17.8 Å². The van der Waals surface area contributed by atoms with E-state index in [1.165, 1.54) is 6.92 Å². The van der Waals surface area contributed by atoms with Gasteiger partial charge in [-0.3, -0.25) is 9.59 Å². The number of nitrogens with one attached hydrogen (secondary N) is 1. The average Bonchev–Trinajstić information content (AvgIpc) is 2.46. The molecule has 0 aliphatic heterocycles. The number of esters is 1. The number of alkyl halides is 7. The number of aliphatic carboxylic acids is 1. The van der Waals surface area contributed by atoms with Gasteiger partial charge in [0.25, 0.3) is 5.91 Å². The van der Waals surface area contributed by atoms with Crippen molar-refractivity contribution in [2.45, 2.75) is 50.2 Å². The highest BCUT2D eigenvalue weighted by molar-refractivity contribution is 5.89. The summed E-state index contributed by atoms with van der Waals surface area (Å²) in [6.07, 6.45) is -8.20. The Kier molecular flexibility index (Phi) is 7.64. The lowest BCUT2D eigenvalue weighted by atomic mass is 10.1. The van der Waals surface area contributed by atoms with Crippen molar-refractivity contribution in [3.05, 3.63) is 0 Å². The Bertz CT molecular complexity index is 507. The maximum absolute atomic E-state index is 13.2. The van der Waals surface area contributed by atoms with Crippen LogP contribution in [0.4, 0.5) is 30.7 Å². The van der Waals surface area contributed by atoms with Gasteiger partial charge < -0.3 is 15.2 Å². The second-order valence-electron chi connectivity index (χ2n) is 4.77. The first-order valence-electron chi connectivity index (χ1n) is 6.70. The van der Waals surface area contributed by atoms with Crippen LogP contribution in [0.15, 0.2) is 0 Å². The van der Waals surface area contributed by atoms with Gasteiger partial charge in [0.05, 0.1) is 6.61 Å². The standard InChI is InChI=1S/C12H14F7NO5/c1-2-5-25-8(23)6(3-4-7(21)22)20-9(24)10(13,14)11(15,16)12(17,18)19/h6H,2-5H2,1H3,(H,20,24)(H,21,22)/t6-/m0/s1. The molecule has 13 heteroatoms. The van der Waals surface area contributed by atoms with E-state index < -0.39 is 54.8 Å². The Hall–Kier alpha value is -2.08. The predicted octanol–water partition coefficient (Wildman–Crippen LogP) is 2.12. The number of rotatable bonds is 9. The topological polar surface area (TPSA) is 92.7 Å². The lowest BCUT2D eigenvalue weighted by Crippen LogP contribution is -2.61. The molecular weight excluding hydrogens is 371 g/mol. The van der Waals surface area contributed by atoms with Crippen molar-refractivity contribution in [1.82, 2.24) is 5.32 Å². The number of carbonyl (C=O) groups is 3. The molecule has 0 radical (unpaired) electrons. The largest absolute Gasteiger partial charge is 0.481 e. The molecule has 0 aliphatic carbocycles. The van der Waals surface area contributed by atoms with Gasteiger partial charge in [0.15, 0.2) is 0 Å². The van der Waals surface area contributed by atoms with Crippen LogP contribution >= 0.6 is 0 Å². The molecule has 0 saturated carbocycles. The summed E-state index contributed by atoms with van der Waals surface area (Å²) >= 11 is 0. The van der Waals surface area contributed by atoms with Crippen LogP contribution in [-0.2, 0) is 19.1 Å². The van der Waals surface area contributed by atoms with Gasteiger partial charge in [0.2, 0.25) is 0 Å². The minimum Gasteiger partial charge on any atom is -0.481 e. The van der Waals surface area contributed by atoms with Crippen LogP contribution in [-0.4, -0.2) is 53.6 Å². The second-order valence-corrected chi connectivity index (χ2v) is 4.77. The molecule has 0 heterocycles. The molecule has 0 unspecified atom stereocenters. The van der Waals surface area contributed by atoms with E-state index in [0.29, 0.717) is 0 Å². The second kappa shape index (κ2) is 8.34. The molecule has 0 aliphatic rings. The summed E-state index contributed by atoms with van der Waals surface area (Å²) in [7, 11) is 0. The molecule has 0 spiro atoms. The van der Waals surface area contributed by atoms with Crippen LogP contribution in [0.2, 0.25) is 0 Å². The fourth-order valence-corrected chi connectivity index (χ4v) is 1.39. The number of hydrogen-bond donors (Lipinski definition) is 2. The van der Waals surface area contributed by atoms with E-state index in [4.69, 9.17) is 5.11 Å². The molecule has 2 N–H and O–H groups in total. The van der Waals surface area contributed by atoms with E-state index in [9.17, 15) is 45.1 Å². The smallest absolute Gasteiger partial charge is 0.460 e. The number of carbonyl (C=O) groups excluding carboxylic acids is 2. The third-order valence-corrected chi connectivity index (χ3v) is 2.72. The Morgan fingerprint density at radius 1 is 1.08 bits per heavy atom. The summed E-state index contributed by atoms with van der Waals surface area (Å²) in [5.41, 5.74) is 0. The highest BCUT2D eigenvalue weighted by atomic mass is 19.4. The van der Waals surface area contributed by atoms with Crippen molar-refractivity contribution < 1.29 is 55.0 Å². The van der Waals surface area contributed by atoms with Crippen LogP contribution in [0.1, 0.15) is 26.2 Å². The zero-order valence-electron chi connectivity index (χ0n) is 12.6. The van der Waals surface area contributed by atoms with Gasteiger partial charge in [0.1, 0.15) is 6.04 Å². The van der Waals surface area contributed by atoms with E-state index in [1.807, 2.05) is 0 Å². The van der Waals surface area contributed by atoms with Gasteiger partial charge in [0, 0.05) is 6.42 Å². The highest BCUT2D eigenvalue weighted by Gasteiger charge is 2.76. The lowest BCUT2D eigenvalue weighted by Gasteiger charge is -2.28. The molecule has 0 bridgehead atoms. The van der Waals surface area contributed by atoms with Crippen LogP contribution in [0.25, 0.3) is 0 Å². The third-order valence-electron chi connectivity index (χ3n) is 2.72. The maximum atomic E-state index is 13.2. The van der Waals surface area contributed by atoms with E-state index in [0.717, 1.165) is 5.32 Å². The molecule has 0 aromatic carbocycles. The van der Waals surface area contributed by atoms with Gasteiger partial charge in [-0.15, -0.1) is 0 Å². The molecule has 25 heavy (non-hydrogen) atoms. The normalized spacial score (nSPS) is 13.9. The molecule has 0 fully saturated rings. The van der Waals surface area contributed by atoms with Gasteiger partial charge in [-0.25, -0.2) is 4.79 Å². The number of hydrogen-bond acceptors (Lipinski definition) is 4. The summed E-state index contributed by atoms with van der Waals surface area (Å²) in [6, 6.07) is -2.13. The summed E-state index contributed by atoms with van der Waals surface area (Å²) in [4.78, 5) is 33.2. The number of halogens is 7. The average molecular weight is 385 g/mol. The Morgan fingerprint density at radius 2 is 1.60 bits per heavy atom. The van der Waals surface area contributed by atoms with Crippen LogP contribution in [0, 0.1) is 0 Å². The fraction of sp³-hybridized carbons (Fsp3) is 0.750. The van der Waals surface area contributed by atoms with Crippen molar-refractivity contribution in [3.63, 3.8) is 0 Å². The first-order chi connectivity index (χ1) is 11.2. The van der Waals surface area contributed by atoms with Crippen LogP contribution in [0.3, 0.4) is 0 Å². The predicted molar refractivity (Wildman–Crippen MR) is 66.0 cm³/mol. The first kappa shape index (κ1) is 22.9. The number of ether oxygens (including phenoxy) is 1. The van der Waals surface area contributed by atoms with Crippen LogP contribution in [0.5, 0.6) is 0 Å². The fourth-order valence-electron chi connectivity index (χ4n) is 1.39. The van der Waals surface area contributed by atoms with Crippen molar-refractivity contribution in [2.75, 3.05) is 6.61 Å². The van der Waals surface area contributed by atoms with Gasteiger partial charge >= 0.3 is 30.0 Å². The number of carboxylic acid groups (broad SMARTS) is 1. The van der Waals surface area contributed by atoms with Gasteiger partial charge in [-0.1, -0.05) is 6.92 Å². The maximum Gasteiger partial charge on any atom is 0.460 e. The van der Waals surface area contributed by atoms with E-state index >= 15 is 0 Å². The first-order valence-corrected chi connectivity index (χ1v) is 6.70. The van der Waals surface area contributed by atoms with Gasteiger partial charge in [-0.05, 0) is 12.8 Å². The quantitative estimate of drug-likeness (QED) is 0.469. The SMILES string of the molecule is CCCOC(=O)[C@H](CCC(=O)O)NC(=O)C(F)(F)C(F)(F)C(F)(F)F. The van der Waals surface area contributed by atoms with E-state index in [-0.39, 0.29) is 13.0 Å². The zero-order valence-corrected chi connectivity index (χ0v) is 12.6. The van der Waals surface area contributed by atoms with E-state index in [1.54, 1.807) is 0 Å². The zero-order chi connectivity index (χ0) is 20.1. The van der Waals surface area contributed by atoms with Crippen molar-refractivity contribution in [3.8, 4) is 0 Å². The third kappa shape index (κ3) is 5.74. The van der Waals surface area contributed by atoms with Crippen molar-refractivity contribution in [1.29, 1.82) is 0 Å². The minimum atomic E-state index is -6.73. The van der Waals surface area contributed by atoms with E-state index in [2.05, 4.69) is 4.74 Å². The Morgan fingerprint density at radius 3 is 2.00 bits per heavy atom. The summed E-state index contributed by atoms with van der Waals surface area (Å²) in [5.74, 6) is -19.0. The summed E-state index contributed by atoms with van der Waals surface area (Å²) in [6.45, 7) is 1.25. The molecule has 6 nitrogen and oxygen atoms in total. The Labute approximate surface area is 136 Å². The highest BCUT2D eigenvalue weighted by Crippen LogP contribution is 2.46. The Balaban J connectivity index is 5.35.